The molecular weight excluding hydrogens is 228 g/mol. The number of benzene rings is 1. The minimum Gasteiger partial charge on any atom is -0.621 e. The van der Waals surface area contributed by atoms with Gasteiger partial charge < -0.3 is 5.21 Å². The molecule has 1 unspecified atom stereocenters. The highest BCUT2D eigenvalue weighted by atomic mass is 16.5. The van der Waals surface area contributed by atoms with Crippen molar-refractivity contribution in [1.29, 1.82) is 0 Å². The first-order chi connectivity index (χ1) is 8.40. The third kappa shape index (κ3) is 1.52. The summed E-state index contributed by atoms with van der Waals surface area (Å²) in [6.45, 7) is 5.70. The predicted molar refractivity (Wildman–Crippen MR) is 70.2 cm³/mol. The number of carbonyl (C=O) groups excluding carboxylic acids is 1. The van der Waals surface area contributed by atoms with Crippen LogP contribution in [0.3, 0.4) is 0 Å². The van der Waals surface area contributed by atoms with Crippen molar-refractivity contribution in [2.45, 2.75) is 26.4 Å². The molecule has 0 radical (unpaired) electrons. The summed E-state index contributed by atoms with van der Waals surface area (Å²) in [5.41, 5.74) is 0.0884. The SMILES string of the molecule is CC(C)C1(C)N(C)C(=O)C(c2ccccc2)=[N+]1[O-]. The fourth-order valence-corrected chi connectivity index (χ4v) is 2.27. The molecule has 0 aliphatic carbocycles. The van der Waals surface area contributed by atoms with E-state index in [1.54, 1.807) is 26.1 Å². The second-order valence-corrected chi connectivity index (χ2v) is 5.12. The molecule has 1 aliphatic heterocycles. The normalized spacial score (nSPS) is 24.3. The van der Waals surface area contributed by atoms with E-state index in [0.29, 0.717) is 5.56 Å². The zero-order valence-electron chi connectivity index (χ0n) is 11.2. The third-order valence-corrected chi connectivity index (χ3v) is 3.94. The fraction of sp³-hybridized carbons (Fsp3) is 0.429. The van der Waals surface area contributed by atoms with Gasteiger partial charge in [-0.3, -0.25) is 9.69 Å². The molecule has 0 N–H and O–H groups in total. The number of hydrogen-bond acceptors (Lipinski definition) is 2. The molecule has 1 amide bonds. The summed E-state index contributed by atoms with van der Waals surface area (Å²) < 4.78 is 0.856. The van der Waals surface area contributed by atoms with Crippen molar-refractivity contribution in [2.24, 2.45) is 5.92 Å². The Kier molecular flexibility index (Phi) is 2.89. The fourth-order valence-electron chi connectivity index (χ4n) is 2.27. The molecule has 1 heterocycles. The van der Waals surface area contributed by atoms with Crippen LogP contribution in [0.25, 0.3) is 0 Å². The van der Waals surface area contributed by atoms with E-state index in [1.807, 2.05) is 32.0 Å². The summed E-state index contributed by atoms with van der Waals surface area (Å²) in [6.07, 6.45) is 0. The highest BCUT2D eigenvalue weighted by molar-refractivity contribution is 6.44. The van der Waals surface area contributed by atoms with Gasteiger partial charge in [-0.25, -0.2) is 0 Å². The predicted octanol–water partition coefficient (Wildman–Crippen LogP) is 1.83. The van der Waals surface area contributed by atoms with Gasteiger partial charge >= 0.3 is 5.91 Å². The summed E-state index contributed by atoms with van der Waals surface area (Å²) in [4.78, 5) is 13.8. The molecule has 1 aromatic carbocycles. The summed E-state index contributed by atoms with van der Waals surface area (Å²) in [5, 5.41) is 12.5. The Bertz CT molecular complexity index is 508. The quantitative estimate of drug-likeness (QED) is 0.590. The molecule has 96 valence electrons. The first kappa shape index (κ1) is 12.6. The van der Waals surface area contributed by atoms with Gasteiger partial charge in [-0.1, -0.05) is 32.0 Å². The zero-order valence-corrected chi connectivity index (χ0v) is 11.2. The summed E-state index contributed by atoms with van der Waals surface area (Å²) in [5.74, 6) is -0.169. The Balaban J connectivity index is 2.60. The van der Waals surface area contributed by atoms with E-state index >= 15 is 0 Å². The second kappa shape index (κ2) is 4.12. The topological polar surface area (TPSA) is 46.4 Å². The van der Waals surface area contributed by atoms with E-state index in [9.17, 15) is 10.0 Å². The molecule has 0 spiro atoms. The van der Waals surface area contributed by atoms with E-state index in [2.05, 4.69) is 0 Å². The van der Waals surface area contributed by atoms with Crippen molar-refractivity contribution in [1.82, 2.24) is 4.90 Å². The van der Waals surface area contributed by atoms with Crippen molar-refractivity contribution in [3.05, 3.63) is 41.1 Å². The standard InChI is InChI=1S/C14H18N2O2/c1-10(2)14(3)15(4)13(17)12(16(14)18)11-8-6-5-7-9-11/h5-10H,1-4H3. The molecule has 1 atom stereocenters. The molecule has 0 bridgehead atoms. The van der Waals surface area contributed by atoms with Crippen LogP contribution in [-0.4, -0.2) is 34.0 Å². The van der Waals surface area contributed by atoms with Gasteiger partial charge in [-0.05, 0) is 12.1 Å². The van der Waals surface area contributed by atoms with Gasteiger partial charge in [-0.15, -0.1) is 0 Å². The number of rotatable bonds is 2. The van der Waals surface area contributed by atoms with Crippen LogP contribution in [0.1, 0.15) is 26.3 Å². The smallest absolute Gasteiger partial charge is 0.325 e. The number of amides is 1. The van der Waals surface area contributed by atoms with Crippen LogP contribution in [0.15, 0.2) is 30.3 Å². The third-order valence-electron chi connectivity index (χ3n) is 3.94. The lowest BCUT2D eigenvalue weighted by molar-refractivity contribution is -0.570. The van der Waals surface area contributed by atoms with Crippen molar-refractivity contribution in [3.8, 4) is 0 Å². The van der Waals surface area contributed by atoms with Gasteiger partial charge in [-0.2, -0.15) is 4.74 Å². The average Bonchev–Trinajstić information content (AvgIpc) is 2.53. The Labute approximate surface area is 107 Å². The van der Waals surface area contributed by atoms with Crippen molar-refractivity contribution in [3.63, 3.8) is 0 Å². The summed E-state index contributed by atoms with van der Waals surface area (Å²) >= 11 is 0. The molecule has 0 aromatic heterocycles. The number of likely N-dealkylation sites (N-methyl/N-ethyl adjacent to an activating group) is 1. The van der Waals surface area contributed by atoms with Crippen LogP contribution in [0.2, 0.25) is 0 Å². The number of hydrogen-bond donors (Lipinski definition) is 0. The minimum atomic E-state index is -0.817. The zero-order chi connectivity index (χ0) is 13.5. The summed E-state index contributed by atoms with van der Waals surface area (Å²) in [6, 6.07) is 9.10. The molecule has 1 aliphatic rings. The Hall–Kier alpha value is -1.84. The van der Waals surface area contributed by atoms with Crippen molar-refractivity contribution < 1.29 is 9.53 Å². The van der Waals surface area contributed by atoms with Gasteiger partial charge in [0.1, 0.15) is 0 Å². The number of hydroxylamine groups is 1. The van der Waals surface area contributed by atoms with Crippen molar-refractivity contribution >= 4 is 11.6 Å². The maximum Gasteiger partial charge on any atom is 0.325 e. The first-order valence-electron chi connectivity index (χ1n) is 6.08. The Morgan fingerprint density at radius 1 is 1.28 bits per heavy atom. The van der Waals surface area contributed by atoms with E-state index in [-0.39, 0.29) is 17.5 Å². The van der Waals surface area contributed by atoms with Crippen LogP contribution in [0, 0.1) is 11.1 Å². The lowest BCUT2D eigenvalue weighted by Gasteiger charge is -2.32. The van der Waals surface area contributed by atoms with Crippen LogP contribution >= 0.6 is 0 Å². The maximum absolute atomic E-state index is 12.5. The molecule has 18 heavy (non-hydrogen) atoms. The lowest BCUT2D eigenvalue weighted by Crippen LogP contribution is -2.51. The Morgan fingerprint density at radius 2 is 1.83 bits per heavy atom. The van der Waals surface area contributed by atoms with Gasteiger partial charge in [0.25, 0.3) is 11.4 Å². The molecule has 0 fully saturated rings. The van der Waals surface area contributed by atoms with E-state index in [0.717, 1.165) is 4.74 Å². The molecule has 2 rings (SSSR count). The van der Waals surface area contributed by atoms with E-state index in [4.69, 9.17) is 0 Å². The van der Waals surface area contributed by atoms with Gasteiger partial charge in [0, 0.05) is 19.9 Å². The van der Waals surface area contributed by atoms with Crippen LogP contribution in [-0.2, 0) is 4.79 Å². The van der Waals surface area contributed by atoms with Crippen LogP contribution < -0.4 is 0 Å². The van der Waals surface area contributed by atoms with Crippen LogP contribution in [0.5, 0.6) is 0 Å². The largest absolute Gasteiger partial charge is 0.621 e. The monoisotopic (exact) mass is 246 g/mol. The van der Waals surface area contributed by atoms with E-state index in [1.165, 1.54) is 4.90 Å². The summed E-state index contributed by atoms with van der Waals surface area (Å²) in [7, 11) is 1.68. The van der Waals surface area contributed by atoms with Gasteiger partial charge in [0.05, 0.1) is 5.56 Å². The average molecular weight is 246 g/mol. The van der Waals surface area contributed by atoms with Crippen LogP contribution in [0.4, 0.5) is 0 Å². The second-order valence-electron chi connectivity index (χ2n) is 5.12. The minimum absolute atomic E-state index is 0.0464. The number of carbonyl (C=O) groups is 1. The molecular formula is C14H18N2O2. The first-order valence-corrected chi connectivity index (χ1v) is 6.08. The van der Waals surface area contributed by atoms with Gasteiger partial charge in [0.2, 0.25) is 0 Å². The molecule has 0 saturated heterocycles. The number of nitrogens with zero attached hydrogens (tertiary/aromatic N) is 2. The molecule has 4 heteroatoms. The molecule has 1 aromatic rings. The van der Waals surface area contributed by atoms with Gasteiger partial charge in [0.15, 0.2) is 0 Å². The highest BCUT2D eigenvalue weighted by Crippen LogP contribution is 2.30. The maximum atomic E-state index is 12.5. The van der Waals surface area contributed by atoms with Crippen molar-refractivity contribution in [2.75, 3.05) is 7.05 Å². The lowest BCUT2D eigenvalue weighted by atomic mass is 9.98. The molecule has 4 nitrogen and oxygen atoms in total. The molecule has 0 saturated carbocycles. The highest BCUT2D eigenvalue weighted by Gasteiger charge is 2.54. The van der Waals surface area contributed by atoms with E-state index < -0.39 is 5.66 Å². The Morgan fingerprint density at radius 3 is 2.28 bits per heavy atom.